The first-order valence-electron chi connectivity index (χ1n) is 6.43. The molecule has 2 amide bonds. The second-order valence-corrected chi connectivity index (χ2v) is 4.45. The number of hydrogen-bond donors (Lipinski definition) is 1. The molecule has 0 spiro atoms. The van der Waals surface area contributed by atoms with Gasteiger partial charge in [-0.3, -0.25) is 19.3 Å². The Hall–Kier alpha value is -2.21. The number of rotatable bonds is 5. The third kappa shape index (κ3) is 2.55. The minimum Gasteiger partial charge on any atom is -0.465 e. The van der Waals surface area contributed by atoms with Crippen LogP contribution in [0, 0.1) is 0 Å². The van der Waals surface area contributed by atoms with Crippen molar-refractivity contribution in [3.63, 3.8) is 0 Å². The summed E-state index contributed by atoms with van der Waals surface area (Å²) in [6.07, 6.45) is 0.185. The SMILES string of the molecule is CCOC(=O)[C@@H](N)CCN1C(=O)c2ccccc2C1=O. The maximum atomic E-state index is 12.1. The van der Waals surface area contributed by atoms with Crippen molar-refractivity contribution in [1.82, 2.24) is 4.90 Å². The molecule has 0 saturated carbocycles. The van der Waals surface area contributed by atoms with Gasteiger partial charge in [0.05, 0.1) is 17.7 Å². The normalized spacial score (nSPS) is 15.2. The van der Waals surface area contributed by atoms with Crippen molar-refractivity contribution in [2.24, 2.45) is 5.73 Å². The molecule has 6 nitrogen and oxygen atoms in total. The molecule has 106 valence electrons. The van der Waals surface area contributed by atoms with Gasteiger partial charge in [0, 0.05) is 6.54 Å². The van der Waals surface area contributed by atoms with E-state index in [4.69, 9.17) is 10.5 Å². The van der Waals surface area contributed by atoms with Gasteiger partial charge in [-0.15, -0.1) is 0 Å². The van der Waals surface area contributed by atoms with E-state index in [0.29, 0.717) is 11.1 Å². The summed E-state index contributed by atoms with van der Waals surface area (Å²) in [5, 5.41) is 0. The Kier molecular flexibility index (Phi) is 4.14. The molecule has 1 atom stereocenters. The number of fused-ring (bicyclic) bond motifs is 1. The first kappa shape index (κ1) is 14.2. The predicted molar refractivity (Wildman–Crippen MR) is 71.0 cm³/mol. The molecule has 0 radical (unpaired) electrons. The van der Waals surface area contributed by atoms with E-state index in [1.165, 1.54) is 0 Å². The Balaban J connectivity index is 2.01. The summed E-state index contributed by atoms with van der Waals surface area (Å²) in [5.74, 6) is -1.22. The van der Waals surface area contributed by atoms with Gasteiger partial charge >= 0.3 is 5.97 Å². The monoisotopic (exact) mass is 276 g/mol. The quantitative estimate of drug-likeness (QED) is 0.627. The van der Waals surface area contributed by atoms with Gasteiger partial charge in [0.2, 0.25) is 0 Å². The summed E-state index contributed by atoms with van der Waals surface area (Å²) in [5.41, 5.74) is 6.44. The number of hydrogen-bond acceptors (Lipinski definition) is 5. The molecule has 1 aromatic rings. The van der Waals surface area contributed by atoms with E-state index in [9.17, 15) is 14.4 Å². The van der Waals surface area contributed by atoms with Crippen molar-refractivity contribution in [2.75, 3.05) is 13.2 Å². The highest BCUT2D eigenvalue weighted by molar-refractivity contribution is 6.21. The Morgan fingerprint density at radius 3 is 2.30 bits per heavy atom. The maximum absolute atomic E-state index is 12.1. The molecule has 0 unspecified atom stereocenters. The summed E-state index contributed by atoms with van der Waals surface area (Å²) < 4.78 is 4.78. The molecule has 20 heavy (non-hydrogen) atoms. The van der Waals surface area contributed by atoms with E-state index in [2.05, 4.69) is 0 Å². The third-order valence-electron chi connectivity index (χ3n) is 3.13. The maximum Gasteiger partial charge on any atom is 0.322 e. The number of nitrogens with two attached hydrogens (primary N) is 1. The van der Waals surface area contributed by atoms with Gasteiger partial charge < -0.3 is 10.5 Å². The fourth-order valence-corrected chi connectivity index (χ4v) is 2.08. The zero-order chi connectivity index (χ0) is 14.7. The lowest BCUT2D eigenvalue weighted by molar-refractivity contribution is -0.144. The zero-order valence-corrected chi connectivity index (χ0v) is 11.2. The molecule has 0 aliphatic carbocycles. The molecule has 1 aliphatic heterocycles. The van der Waals surface area contributed by atoms with E-state index in [1.54, 1.807) is 31.2 Å². The van der Waals surface area contributed by atoms with E-state index in [1.807, 2.05) is 0 Å². The van der Waals surface area contributed by atoms with Crippen LogP contribution in [0.5, 0.6) is 0 Å². The van der Waals surface area contributed by atoms with Gasteiger partial charge in [-0.1, -0.05) is 12.1 Å². The van der Waals surface area contributed by atoms with Crippen LogP contribution < -0.4 is 5.73 Å². The van der Waals surface area contributed by atoms with E-state index >= 15 is 0 Å². The van der Waals surface area contributed by atoms with Crippen LogP contribution in [0.15, 0.2) is 24.3 Å². The van der Waals surface area contributed by atoms with E-state index < -0.39 is 12.0 Å². The number of benzene rings is 1. The van der Waals surface area contributed by atoms with E-state index in [0.717, 1.165) is 4.90 Å². The van der Waals surface area contributed by atoms with Crippen LogP contribution in [0.4, 0.5) is 0 Å². The highest BCUT2D eigenvalue weighted by atomic mass is 16.5. The number of ether oxygens (including phenoxy) is 1. The topological polar surface area (TPSA) is 89.7 Å². The lowest BCUT2D eigenvalue weighted by Gasteiger charge is -2.16. The molecule has 2 N–H and O–H groups in total. The van der Waals surface area contributed by atoms with Gasteiger partial charge in [-0.25, -0.2) is 0 Å². The summed E-state index contributed by atoms with van der Waals surface area (Å²) >= 11 is 0. The number of amides is 2. The largest absolute Gasteiger partial charge is 0.465 e. The highest BCUT2D eigenvalue weighted by Crippen LogP contribution is 2.22. The second-order valence-electron chi connectivity index (χ2n) is 4.45. The zero-order valence-electron chi connectivity index (χ0n) is 11.2. The lowest BCUT2D eigenvalue weighted by Crippen LogP contribution is -2.38. The van der Waals surface area contributed by atoms with Gasteiger partial charge in [-0.2, -0.15) is 0 Å². The summed E-state index contributed by atoms with van der Waals surface area (Å²) in [4.78, 5) is 36.6. The summed E-state index contributed by atoms with van der Waals surface area (Å²) in [6, 6.07) is 5.80. The van der Waals surface area contributed by atoms with Crippen molar-refractivity contribution in [1.29, 1.82) is 0 Å². The molecule has 1 aromatic carbocycles. The molecule has 0 bridgehead atoms. The van der Waals surface area contributed by atoms with Gasteiger partial charge in [0.15, 0.2) is 0 Å². The van der Waals surface area contributed by atoms with E-state index in [-0.39, 0.29) is 31.4 Å². The molecule has 0 aromatic heterocycles. The van der Waals surface area contributed by atoms with Crippen LogP contribution in [0.3, 0.4) is 0 Å². The van der Waals surface area contributed by atoms with Crippen LogP contribution in [-0.2, 0) is 9.53 Å². The third-order valence-corrected chi connectivity index (χ3v) is 3.13. The summed E-state index contributed by atoms with van der Waals surface area (Å²) in [6.45, 7) is 2.04. The van der Waals surface area contributed by atoms with Gasteiger partial charge in [-0.05, 0) is 25.5 Å². The van der Waals surface area contributed by atoms with Crippen molar-refractivity contribution in [2.45, 2.75) is 19.4 Å². The number of esters is 1. The number of carbonyl (C=O) groups is 3. The first-order valence-corrected chi connectivity index (χ1v) is 6.43. The fourth-order valence-electron chi connectivity index (χ4n) is 2.08. The second kappa shape index (κ2) is 5.83. The Morgan fingerprint density at radius 1 is 1.25 bits per heavy atom. The van der Waals surface area contributed by atoms with Crippen LogP contribution >= 0.6 is 0 Å². The molecule has 1 aliphatic rings. The van der Waals surface area contributed by atoms with Gasteiger partial charge in [0.1, 0.15) is 6.04 Å². The number of nitrogens with zero attached hydrogens (tertiary/aromatic N) is 1. The molecule has 0 fully saturated rings. The van der Waals surface area contributed by atoms with Crippen LogP contribution in [-0.4, -0.2) is 41.9 Å². The van der Waals surface area contributed by atoms with Crippen LogP contribution in [0.1, 0.15) is 34.1 Å². The molecule has 1 heterocycles. The Bertz CT molecular complexity index is 521. The first-order chi connectivity index (χ1) is 9.56. The molecule has 0 saturated heterocycles. The van der Waals surface area contributed by atoms with Crippen LogP contribution in [0.2, 0.25) is 0 Å². The van der Waals surface area contributed by atoms with Crippen molar-refractivity contribution < 1.29 is 19.1 Å². The predicted octanol–water partition coefficient (Wildman–Crippen LogP) is 0.563. The average molecular weight is 276 g/mol. The Labute approximate surface area is 116 Å². The molecule has 2 rings (SSSR count). The summed E-state index contributed by atoms with van der Waals surface area (Å²) in [7, 11) is 0. The Morgan fingerprint density at radius 2 is 1.80 bits per heavy atom. The number of carbonyl (C=O) groups excluding carboxylic acids is 3. The standard InChI is InChI=1S/C14H16N2O4/c1-2-20-14(19)11(15)7-8-16-12(17)9-5-3-4-6-10(9)13(16)18/h3-6,11H,2,7-8,15H2,1H3/t11-/m0/s1. The minimum absolute atomic E-state index is 0.103. The molecule has 6 heteroatoms. The molecular weight excluding hydrogens is 260 g/mol. The number of imide groups is 1. The average Bonchev–Trinajstić information content (AvgIpc) is 2.69. The minimum atomic E-state index is -0.834. The van der Waals surface area contributed by atoms with Crippen molar-refractivity contribution in [3.05, 3.63) is 35.4 Å². The van der Waals surface area contributed by atoms with Gasteiger partial charge in [0.25, 0.3) is 11.8 Å². The highest BCUT2D eigenvalue weighted by Gasteiger charge is 2.35. The fraction of sp³-hybridized carbons (Fsp3) is 0.357. The lowest BCUT2D eigenvalue weighted by atomic mass is 10.1. The smallest absolute Gasteiger partial charge is 0.322 e. The van der Waals surface area contributed by atoms with Crippen LogP contribution in [0.25, 0.3) is 0 Å². The van der Waals surface area contributed by atoms with Crippen molar-refractivity contribution in [3.8, 4) is 0 Å². The molecular formula is C14H16N2O4. The van der Waals surface area contributed by atoms with Crippen molar-refractivity contribution >= 4 is 17.8 Å².